The number of carbonyl (C=O) groups is 1. The summed E-state index contributed by atoms with van der Waals surface area (Å²) in [6.07, 6.45) is 4.05. The predicted octanol–water partition coefficient (Wildman–Crippen LogP) is 7.56. The van der Waals surface area contributed by atoms with Gasteiger partial charge in [-0.05, 0) is 92.5 Å². The first-order valence-electron chi connectivity index (χ1n) is 13.5. The fourth-order valence-corrected chi connectivity index (χ4v) is 5.25. The van der Waals surface area contributed by atoms with Crippen LogP contribution < -0.4 is 5.32 Å². The Morgan fingerprint density at radius 1 is 0.895 bits per heavy atom. The number of hydrogen-bond donors (Lipinski definition) is 1. The Balaban J connectivity index is 1.44. The van der Waals surface area contributed by atoms with E-state index in [9.17, 15) is 4.79 Å². The number of nitrogens with one attached hydrogen (secondary N) is 1. The second-order valence-electron chi connectivity index (χ2n) is 9.56. The number of aromatic nitrogens is 2. The van der Waals surface area contributed by atoms with Crippen LogP contribution in [-0.4, -0.2) is 46.8 Å². The largest absolute Gasteiger partial charge is 0.356 e. The molecule has 0 radical (unpaired) electrons. The second kappa shape index (κ2) is 13.8. The molecule has 0 aliphatic carbocycles. The lowest BCUT2D eigenvalue weighted by Crippen LogP contribution is -2.27. The van der Waals surface area contributed by atoms with E-state index in [0.717, 1.165) is 79.9 Å². The molecule has 4 rings (SSSR count). The van der Waals surface area contributed by atoms with E-state index in [1.54, 1.807) is 6.07 Å². The van der Waals surface area contributed by atoms with Gasteiger partial charge in [0.05, 0.1) is 11.4 Å². The quantitative estimate of drug-likeness (QED) is 0.175. The molecule has 0 saturated carbocycles. The van der Waals surface area contributed by atoms with E-state index >= 15 is 0 Å². The number of fused-ring (bicyclic) bond motifs is 1. The Hall–Kier alpha value is -2.86. The predicted molar refractivity (Wildman–Crippen MR) is 159 cm³/mol. The fraction of sp³-hybridized carbons (Fsp3) is 0.355. The smallest absolute Gasteiger partial charge is 0.220 e. The van der Waals surface area contributed by atoms with Crippen LogP contribution in [0.3, 0.4) is 0 Å². The maximum atomic E-state index is 12.5. The molecular formula is C31H36Cl2N4O. The minimum absolute atomic E-state index is 0.103. The van der Waals surface area contributed by atoms with Gasteiger partial charge in [-0.3, -0.25) is 4.79 Å². The van der Waals surface area contributed by atoms with Crippen LogP contribution in [0.5, 0.6) is 0 Å². The first kappa shape index (κ1) is 28.2. The van der Waals surface area contributed by atoms with Crippen molar-refractivity contribution in [2.24, 2.45) is 0 Å². The zero-order chi connectivity index (χ0) is 26.9. The van der Waals surface area contributed by atoms with Gasteiger partial charge in [0.2, 0.25) is 5.91 Å². The molecule has 38 heavy (non-hydrogen) atoms. The summed E-state index contributed by atoms with van der Waals surface area (Å²) in [7, 11) is 0. The molecule has 0 saturated heterocycles. The summed E-state index contributed by atoms with van der Waals surface area (Å²) in [5.41, 5.74) is 3.69. The zero-order valence-corrected chi connectivity index (χ0v) is 23.7. The van der Waals surface area contributed by atoms with Crippen LogP contribution in [0.15, 0.2) is 66.7 Å². The van der Waals surface area contributed by atoms with E-state index in [2.05, 4.69) is 60.5 Å². The van der Waals surface area contributed by atoms with Gasteiger partial charge in [0.1, 0.15) is 0 Å². The third-order valence-electron chi connectivity index (χ3n) is 6.87. The molecule has 0 unspecified atom stereocenters. The molecule has 200 valence electrons. The van der Waals surface area contributed by atoms with Gasteiger partial charge >= 0.3 is 0 Å². The van der Waals surface area contributed by atoms with Crippen molar-refractivity contribution >= 4 is 39.9 Å². The molecule has 0 spiro atoms. The molecule has 4 aromatic rings. The van der Waals surface area contributed by atoms with E-state index in [1.165, 1.54) is 5.39 Å². The van der Waals surface area contributed by atoms with Crippen molar-refractivity contribution in [2.75, 3.05) is 26.2 Å². The standard InChI is InChI=1S/C31H36Cl2N4O/c1-3-36(4-2)17-8-7-16-34-31(38)13-9-12-28-22-30(25-18-26(32)21-27(33)19-25)35-37(28)29-15-14-23-10-5-6-11-24(23)20-29/h5-6,10-11,14-15,18-22H,3-4,7-9,12-13,16-17H2,1-2H3,(H,34,38). The highest BCUT2D eigenvalue weighted by molar-refractivity contribution is 6.35. The van der Waals surface area contributed by atoms with Gasteiger partial charge < -0.3 is 10.2 Å². The molecule has 1 N–H and O–H groups in total. The van der Waals surface area contributed by atoms with Gasteiger partial charge in [-0.15, -0.1) is 0 Å². The number of aryl methyl sites for hydroxylation is 1. The molecule has 3 aromatic carbocycles. The van der Waals surface area contributed by atoms with Crippen LogP contribution in [0.25, 0.3) is 27.7 Å². The highest BCUT2D eigenvalue weighted by Crippen LogP contribution is 2.29. The van der Waals surface area contributed by atoms with E-state index in [-0.39, 0.29) is 5.91 Å². The lowest BCUT2D eigenvalue weighted by atomic mass is 10.1. The Kier molecular flexibility index (Phi) is 10.2. The highest BCUT2D eigenvalue weighted by atomic mass is 35.5. The lowest BCUT2D eigenvalue weighted by molar-refractivity contribution is -0.121. The number of halogens is 2. The zero-order valence-electron chi connectivity index (χ0n) is 22.2. The van der Waals surface area contributed by atoms with E-state index in [4.69, 9.17) is 28.3 Å². The number of rotatable bonds is 13. The van der Waals surface area contributed by atoms with Crippen molar-refractivity contribution in [3.05, 3.63) is 82.5 Å². The summed E-state index contributed by atoms with van der Waals surface area (Å²) in [4.78, 5) is 14.9. The van der Waals surface area contributed by atoms with Crippen molar-refractivity contribution in [3.8, 4) is 16.9 Å². The molecular weight excluding hydrogens is 515 g/mol. The summed E-state index contributed by atoms with van der Waals surface area (Å²) in [6.45, 7) is 8.33. The number of carbonyl (C=O) groups excluding carboxylic acids is 1. The maximum absolute atomic E-state index is 12.5. The minimum Gasteiger partial charge on any atom is -0.356 e. The second-order valence-corrected chi connectivity index (χ2v) is 10.4. The van der Waals surface area contributed by atoms with E-state index in [1.807, 2.05) is 28.9 Å². The van der Waals surface area contributed by atoms with Crippen molar-refractivity contribution in [1.29, 1.82) is 0 Å². The Labute approximate surface area is 235 Å². The highest BCUT2D eigenvalue weighted by Gasteiger charge is 2.14. The Bertz CT molecular complexity index is 1340. The first-order valence-corrected chi connectivity index (χ1v) is 14.3. The molecule has 0 atom stereocenters. The van der Waals surface area contributed by atoms with E-state index < -0.39 is 0 Å². The summed E-state index contributed by atoms with van der Waals surface area (Å²) in [5, 5.41) is 11.5. The van der Waals surface area contributed by atoms with Gasteiger partial charge in [0.25, 0.3) is 0 Å². The van der Waals surface area contributed by atoms with Crippen LogP contribution >= 0.6 is 23.2 Å². The molecule has 0 bridgehead atoms. The van der Waals surface area contributed by atoms with Crippen molar-refractivity contribution < 1.29 is 4.79 Å². The topological polar surface area (TPSA) is 50.2 Å². The van der Waals surface area contributed by atoms with Gasteiger partial charge in [0, 0.05) is 34.3 Å². The van der Waals surface area contributed by atoms with E-state index in [0.29, 0.717) is 16.5 Å². The van der Waals surface area contributed by atoms with Gasteiger partial charge in [-0.1, -0.05) is 67.4 Å². The van der Waals surface area contributed by atoms with Crippen LogP contribution in [0.2, 0.25) is 10.0 Å². The number of benzene rings is 3. The number of hydrogen-bond acceptors (Lipinski definition) is 3. The normalized spacial score (nSPS) is 11.4. The molecule has 1 amide bonds. The summed E-state index contributed by atoms with van der Waals surface area (Å²) >= 11 is 12.5. The lowest BCUT2D eigenvalue weighted by Gasteiger charge is -2.17. The molecule has 5 nitrogen and oxygen atoms in total. The molecule has 0 aliphatic rings. The fourth-order valence-electron chi connectivity index (χ4n) is 4.72. The summed E-state index contributed by atoms with van der Waals surface area (Å²) in [5.74, 6) is 0.103. The van der Waals surface area contributed by atoms with Crippen LogP contribution in [0.4, 0.5) is 0 Å². The third-order valence-corrected chi connectivity index (χ3v) is 7.31. The Morgan fingerprint density at radius 3 is 2.37 bits per heavy atom. The van der Waals surface area contributed by atoms with Gasteiger partial charge in [-0.2, -0.15) is 5.10 Å². The van der Waals surface area contributed by atoms with Crippen LogP contribution in [0, 0.1) is 0 Å². The average molecular weight is 552 g/mol. The Morgan fingerprint density at radius 2 is 1.63 bits per heavy atom. The first-order chi connectivity index (χ1) is 18.5. The van der Waals surface area contributed by atoms with Crippen molar-refractivity contribution in [2.45, 2.75) is 46.0 Å². The molecule has 7 heteroatoms. The molecule has 1 aromatic heterocycles. The number of nitrogens with zero attached hydrogens (tertiary/aromatic N) is 3. The maximum Gasteiger partial charge on any atom is 0.220 e. The SMILES string of the molecule is CCN(CC)CCCCNC(=O)CCCc1cc(-c2cc(Cl)cc(Cl)c2)nn1-c1ccc2ccccc2c1. The number of amides is 1. The van der Waals surface area contributed by atoms with Crippen LogP contribution in [0.1, 0.15) is 45.2 Å². The number of unbranched alkanes of at least 4 members (excludes halogenated alkanes) is 1. The molecule has 0 fully saturated rings. The van der Waals surface area contributed by atoms with Crippen LogP contribution in [-0.2, 0) is 11.2 Å². The summed E-state index contributed by atoms with van der Waals surface area (Å²) < 4.78 is 1.97. The monoisotopic (exact) mass is 550 g/mol. The van der Waals surface area contributed by atoms with Crippen molar-refractivity contribution in [1.82, 2.24) is 20.0 Å². The van der Waals surface area contributed by atoms with Gasteiger partial charge in [0.15, 0.2) is 0 Å². The third kappa shape index (κ3) is 7.59. The minimum atomic E-state index is 0.103. The molecule has 1 heterocycles. The van der Waals surface area contributed by atoms with Gasteiger partial charge in [-0.25, -0.2) is 4.68 Å². The molecule has 0 aliphatic heterocycles. The summed E-state index contributed by atoms with van der Waals surface area (Å²) in [6, 6.07) is 22.2. The van der Waals surface area contributed by atoms with Crippen molar-refractivity contribution in [3.63, 3.8) is 0 Å². The average Bonchev–Trinajstić information content (AvgIpc) is 3.34.